The fourth-order valence-electron chi connectivity index (χ4n) is 2.49. The molecule has 3 rings (SSSR count). The highest BCUT2D eigenvalue weighted by Gasteiger charge is 2.15. The second-order valence-corrected chi connectivity index (χ2v) is 7.23. The third-order valence-electron chi connectivity index (χ3n) is 3.85. The minimum Gasteiger partial charge on any atom is -0.495 e. The Morgan fingerprint density at radius 2 is 1.83 bits per heavy atom. The van der Waals surface area contributed by atoms with Gasteiger partial charge in [-0.3, -0.25) is 4.79 Å². The van der Waals surface area contributed by atoms with Crippen molar-refractivity contribution in [3.05, 3.63) is 47.1 Å². The minimum absolute atomic E-state index is 0.149. The van der Waals surface area contributed by atoms with Crippen molar-refractivity contribution in [3.8, 4) is 21.9 Å². The number of thiocarbonyl (C=S) groups is 1. The van der Waals surface area contributed by atoms with Gasteiger partial charge in [-0.1, -0.05) is 28.2 Å². The van der Waals surface area contributed by atoms with Crippen LogP contribution in [0.1, 0.15) is 10.5 Å². The lowest BCUT2D eigenvalue weighted by Gasteiger charge is -2.15. The number of amides is 1. The monoisotopic (exact) mass is 449 g/mol. The molecular weight excluding hydrogens is 434 g/mol. The minimum atomic E-state index is -0.617. The molecule has 29 heavy (non-hydrogen) atoms. The highest BCUT2D eigenvalue weighted by molar-refractivity contribution is 7.80. The van der Waals surface area contributed by atoms with E-state index in [9.17, 15) is 4.79 Å². The molecule has 3 aromatic rings. The Labute approximate surface area is 181 Å². The summed E-state index contributed by atoms with van der Waals surface area (Å²) in [6.45, 7) is 0. The summed E-state index contributed by atoms with van der Waals surface area (Å²) >= 11 is 12.6. The Bertz CT molecular complexity index is 1060. The highest BCUT2D eigenvalue weighted by Crippen LogP contribution is 2.36. The third kappa shape index (κ3) is 4.73. The maximum atomic E-state index is 11.4. The molecular formula is C18H16ClN5O3S2. The predicted molar refractivity (Wildman–Crippen MR) is 118 cm³/mol. The van der Waals surface area contributed by atoms with Gasteiger partial charge in [-0.2, -0.15) is 0 Å². The summed E-state index contributed by atoms with van der Waals surface area (Å²) in [6.07, 6.45) is 0. The SMILES string of the molecule is COc1cc(OC)c(NC(=S)Nc2ccc(-c3snnc3C(N)=O)cc2)cc1Cl. The van der Waals surface area contributed by atoms with E-state index in [1.165, 1.54) is 14.2 Å². The van der Waals surface area contributed by atoms with Crippen LogP contribution in [-0.2, 0) is 0 Å². The number of benzene rings is 2. The maximum Gasteiger partial charge on any atom is 0.270 e. The maximum absolute atomic E-state index is 11.4. The van der Waals surface area contributed by atoms with Gasteiger partial charge in [0.05, 0.1) is 29.8 Å². The van der Waals surface area contributed by atoms with E-state index in [2.05, 4.69) is 20.2 Å². The number of nitrogens with zero attached hydrogens (tertiary/aromatic N) is 2. The smallest absolute Gasteiger partial charge is 0.270 e. The zero-order valence-electron chi connectivity index (χ0n) is 15.4. The van der Waals surface area contributed by atoms with Crippen molar-refractivity contribution in [2.75, 3.05) is 24.9 Å². The molecule has 0 aliphatic carbocycles. The van der Waals surface area contributed by atoms with Gasteiger partial charge in [0.15, 0.2) is 10.8 Å². The molecule has 4 N–H and O–H groups in total. The molecule has 1 aromatic heterocycles. The van der Waals surface area contributed by atoms with Crippen molar-refractivity contribution in [1.29, 1.82) is 0 Å². The molecule has 0 unspecified atom stereocenters. The van der Waals surface area contributed by atoms with Crippen molar-refractivity contribution in [1.82, 2.24) is 9.59 Å². The molecule has 0 spiro atoms. The fourth-order valence-corrected chi connectivity index (χ4v) is 3.63. The van der Waals surface area contributed by atoms with Gasteiger partial charge in [0.2, 0.25) is 0 Å². The van der Waals surface area contributed by atoms with Crippen LogP contribution in [0.25, 0.3) is 10.4 Å². The Kier molecular flexibility index (Phi) is 6.47. The molecule has 1 heterocycles. The molecule has 150 valence electrons. The summed E-state index contributed by atoms with van der Waals surface area (Å²) in [5, 5.41) is 10.6. The fraction of sp³-hybridized carbons (Fsp3) is 0.111. The predicted octanol–water partition coefficient (Wildman–Crippen LogP) is 3.78. The number of carbonyl (C=O) groups excluding carboxylic acids is 1. The van der Waals surface area contributed by atoms with Crippen LogP contribution in [0, 0.1) is 0 Å². The number of hydrogen-bond donors (Lipinski definition) is 3. The number of halogens is 1. The molecule has 1 amide bonds. The lowest BCUT2D eigenvalue weighted by Crippen LogP contribution is -2.19. The van der Waals surface area contributed by atoms with Crippen LogP contribution in [0.3, 0.4) is 0 Å². The standard InChI is InChI=1S/C18H16ClN5O3S2/c1-26-13-8-14(27-2)12(7-11(13)19)22-18(28)21-10-5-3-9(4-6-10)16-15(17(20)25)23-24-29-16/h3-8H,1-2H3,(H2,20,25)(H2,21,22,28). The van der Waals surface area contributed by atoms with Gasteiger partial charge in [0, 0.05) is 11.8 Å². The molecule has 2 aromatic carbocycles. The van der Waals surface area contributed by atoms with E-state index in [0.29, 0.717) is 32.2 Å². The van der Waals surface area contributed by atoms with Crippen LogP contribution < -0.4 is 25.8 Å². The zero-order valence-corrected chi connectivity index (χ0v) is 17.7. The molecule has 11 heteroatoms. The number of ether oxygens (including phenoxy) is 2. The Morgan fingerprint density at radius 1 is 1.14 bits per heavy atom. The largest absolute Gasteiger partial charge is 0.495 e. The summed E-state index contributed by atoms with van der Waals surface area (Å²) in [5.41, 5.74) is 7.58. The average molecular weight is 450 g/mol. The Balaban J connectivity index is 1.72. The van der Waals surface area contributed by atoms with Crippen molar-refractivity contribution in [3.63, 3.8) is 0 Å². The van der Waals surface area contributed by atoms with E-state index in [4.69, 9.17) is 39.0 Å². The molecule has 0 bridgehead atoms. The van der Waals surface area contributed by atoms with Crippen molar-refractivity contribution < 1.29 is 14.3 Å². The highest BCUT2D eigenvalue weighted by atomic mass is 35.5. The van der Waals surface area contributed by atoms with Gasteiger partial charge >= 0.3 is 0 Å². The normalized spacial score (nSPS) is 10.3. The van der Waals surface area contributed by atoms with Crippen molar-refractivity contribution >= 4 is 57.7 Å². The number of nitrogens with two attached hydrogens (primary N) is 1. The Morgan fingerprint density at radius 3 is 2.45 bits per heavy atom. The third-order valence-corrected chi connectivity index (χ3v) is 5.12. The first-order valence-corrected chi connectivity index (χ1v) is 9.71. The number of hydrogen-bond acceptors (Lipinski definition) is 7. The molecule has 0 radical (unpaired) electrons. The van der Waals surface area contributed by atoms with E-state index in [-0.39, 0.29) is 5.69 Å². The van der Waals surface area contributed by atoms with E-state index < -0.39 is 5.91 Å². The Hall–Kier alpha value is -2.95. The van der Waals surface area contributed by atoms with Gasteiger partial charge in [-0.15, -0.1) is 5.10 Å². The lowest BCUT2D eigenvalue weighted by molar-refractivity contribution is 0.0996. The van der Waals surface area contributed by atoms with Crippen molar-refractivity contribution in [2.24, 2.45) is 5.73 Å². The second-order valence-electron chi connectivity index (χ2n) is 5.66. The molecule has 0 aliphatic rings. The summed E-state index contributed by atoms with van der Waals surface area (Å²) in [5.74, 6) is 0.410. The summed E-state index contributed by atoms with van der Waals surface area (Å²) in [6, 6.07) is 10.6. The van der Waals surface area contributed by atoms with Crippen LogP contribution >= 0.6 is 35.4 Å². The van der Waals surface area contributed by atoms with E-state index >= 15 is 0 Å². The average Bonchev–Trinajstić information content (AvgIpc) is 3.19. The number of aromatic nitrogens is 2. The topological polar surface area (TPSA) is 111 Å². The van der Waals surface area contributed by atoms with Crippen LogP contribution in [0.2, 0.25) is 5.02 Å². The second kappa shape index (κ2) is 9.03. The van der Waals surface area contributed by atoms with Gasteiger partial charge in [0.25, 0.3) is 5.91 Å². The molecule has 0 atom stereocenters. The summed E-state index contributed by atoms with van der Waals surface area (Å²) in [7, 11) is 3.07. The van der Waals surface area contributed by atoms with E-state index in [1.807, 2.05) is 24.3 Å². The number of rotatable bonds is 6. The van der Waals surface area contributed by atoms with E-state index in [0.717, 1.165) is 22.8 Å². The number of methoxy groups -OCH3 is 2. The number of carbonyl (C=O) groups is 1. The molecule has 8 nitrogen and oxygen atoms in total. The van der Waals surface area contributed by atoms with Gasteiger partial charge in [0.1, 0.15) is 11.5 Å². The van der Waals surface area contributed by atoms with Crippen LogP contribution in [0.4, 0.5) is 11.4 Å². The molecule has 0 saturated heterocycles. The van der Waals surface area contributed by atoms with Gasteiger partial charge in [-0.05, 0) is 47.5 Å². The zero-order chi connectivity index (χ0) is 21.0. The van der Waals surface area contributed by atoms with Crippen molar-refractivity contribution in [2.45, 2.75) is 0 Å². The van der Waals surface area contributed by atoms with Crippen LogP contribution in [0.15, 0.2) is 36.4 Å². The first-order valence-electron chi connectivity index (χ1n) is 8.15. The summed E-state index contributed by atoms with van der Waals surface area (Å²) < 4.78 is 14.3. The van der Waals surface area contributed by atoms with Crippen LogP contribution in [-0.4, -0.2) is 34.8 Å². The molecule has 0 saturated carbocycles. The van der Waals surface area contributed by atoms with E-state index in [1.54, 1.807) is 12.1 Å². The number of primary amides is 1. The van der Waals surface area contributed by atoms with Gasteiger partial charge in [-0.25, -0.2) is 0 Å². The van der Waals surface area contributed by atoms with Gasteiger partial charge < -0.3 is 25.8 Å². The lowest BCUT2D eigenvalue weighted by atomic mass is 10.1. The molecule has 0 fully saturated rings. The number of nitrogens with one attached hydrogen (secondary N) is 2. The molecule has 0 aliphatic heterocycles. The quantitative estimate of drug-likeness (QED) is 0.487. The number of anilines is 2. The first kappa shape index (κ1) is 20.8. The van der Waals surface area contributed by atoms with Crippen LogP contribution in [0.5, 0.6) is 11.5 Å². The first-order chi connectivity index (χ1) is 13.9. The summed E-state index contributed by atoms with van der Waals surface area (Å²) in [4.78, 5) is 12.0.